The Morgan fingerprint density at radius 3 is 2.33 bits per heavy atom. The molecule has 1 aromatic rings. The van der Waals surface area contributed by atoms with Gasteiger partial charge in [-0.3, -0.25) is 14.9 Å². The normalized spacial score (nSPS) is 30.6. The van der Waals surface area contributed by atoms with Gasteiger partial charge in [-0.1, -0.05) is 0 Å². The molecule has 144 valence electrons. The molecule has 4 aliphatic carbocycles. The van der Waals surface area contributed by atoms with E-state index in [0.717, 1.165) is 19.3 Å². The van der Waals surface area contributed by atoms with Gasteiger partial charge in [-0.15, -0.1) is 0 Å². The number of nitrogens with zero attached hydrogens (tertiary/aromatic N) is 1. The minimum absolute atomic E-state index is 0.0322. The zero-order chi connectivity index (χ0) is 19.2. The fourth-order valence-corrected chi connectivity index (χ4v) is 5.88. The van der Waals surface area contributed by atoms with E-state index in [4.69, 9.17) is 17.0 Å². The number of carbonyl (C=O) groups is 1. The Morgan fingerprint density at radius 1 is 1.22 bits per heavy atom. The van der Waals surface area contributed by atoms with Gasteiger partial charge in [0.2, 0.25) is 5.91 Å². The number of amides is 1. The first-order chi connectivity index (χ1) is 12.9. The first-order valence-electron chi connectivity index (χ1n) is 9.33. The number of carbonyl (C=O) groups excluding carboxylic acids is 1. The van der Waals surface area contributed by atoms with E-state index in [1.807, 2.05) is 0 Å². The second-order valence-electron chi connectivity index (χ2n) is 8.25. The van der Waals surface area contributed by atoms with Crippen LogP contribution in [0, 0.1) is 33.3 Å². The van der Waals surface area contributed by atoms with Crippen LogP contribution in [0.25, 0.3) is 0 Å². The molecule has 0 aromatic heterocycles. The number of thiocarbonyl (C=S) groups is 1. The quantitative estimate of drug-likeness (QED) is 0.464. The summed E-state index contributed by atoms with van der Waals surface area (Å²) in [6, 6.07) is 4.46. The van der Waals surface area contributed by atoms with E-state index < -0.39 is 4.92 Å². The lowest BCUT2D eigenvalue weighted by Gasteiger charge is -2.55. The van der Waals surface area contributed by atoms with Gasteiger partial charge in [0.15, 0.2) is 5.11 Å². The molecule has 0 heterocycles. The smallest absolute Gasteiger partial charge is 0.296 e. The van der Waals surface area contributed by atoms with Crippen LogP contribution in [0.3, 0.4) is 0 Å². The summed E-state index contributed by atoms with van der Waals surface area (Å²) in [5.41, 5.74) is -0.232. The number of hydrogen-bond donors (Lipinski definition) is 2. The third kappa shape index (κ3) is 3.38. The lowest BCUT2D eigenvalue weighted by molar-refractivity contribution is -0.384. The highest BCUT2D eigenvalue weighted by Gasteiger charge is 2.54. The van der Waals surface area contributed by atoms with Crippen molar-refractivity contribution in [3.63, 3.8) is 0 Å². The molecule has 0 atom stereocenters. The van der Waals surface area contributed by atoms with Gasteiger partial charge in [0, 0.05) is 0 Å². The Bertz CT molecular complexity index is 775. The molecule has 1 aromatic carbocycles. The van der Waals surface area contributed by atoms with Crippen molar-refractivity contribution in [2.75, 3.05) is 12.4 Å². The van der Waals surface area contributed by atoms with E-state index in [-0.39, 0.29) is 27.8 Å². The molecule has 4 aliphatic rings. The molecule has 4 bridgehead atoms. The van der Waals surface area contributed by atoms with Crippen LogP contribution in [0.1, 0.15) is 38.5 Å². The highest BCUT2D eigenvalue weighted by Crippen LogP contribution is 2.60. The third-order valence-corrected chi connectivity index (χ3v) is 6.60. The molecule has 0 saturated heterocycles. The van der Waals surface area contributed by atoms with Crippen molar-refractivity contribution in [1.29, 1.82) is 0 Å². The molecule has 2 N–H and O–H groups in total. The summed E-state index contributed by atoms with van der Waals surface area (Å²) in [7, 11) is 1.45. The van der Waals surface area contributed by atoms with Gasteiger partial charge in [0.05, 0.1) is 23.5 Å². The number of anilines is 1. The number of nitro benzene ring substituents is 1. The summed E-state index contributed by atoms with van der Waals surface area (Å²) < 4.78 is 5.03. The van der Waals surface area contributed by atoms with Crippen molar-refractivity contribution in [2.24, 2.45) is 23.2 Å². The van der Waals surface area contributed by atoms with Crippen molar-refractivity contribution < 1.29 is 14.5 Å². The zero-order valence-electron chi connectivity index (χ0n) is 15.2. The maximum atomic E-state index is 13.0. The largest absolute Gasteiger partial charge is 0.496 e. The van der Waals surface area contributed by atoms with Crippen molar-refractivity contribution in [1.82, 2.24) is 5.32 Å². The van der Waals surface area contributed by atoms with Crippen LogP contribution in [0.5, 0.6) is 5.75 Å². The summed E-state index contributed by atoms with van der Waals surface area (Å²) in [6.45, 7) is 0. The standard InChI is InChI=1S/C19H23N3O4S/c1-26-14-2-3-15(16(7-14)22(24)25)20-18(27)21-17(23)19-8-11-4-12(9-19)6-13(5-11)10-19/h2-3,7,11-13H,4-6,8-10H2,1H3,(H2,20,21,23,27). The second kappa shape index (κ2) is 6.74. The Kier molecular flexibility index (Phi) is 4.53. The van der Waals surface area contributed by atoms with Crippen LogP contribution >= 0.6 is 12.2 Å². The number of ether oxygens (including phenoxy) is 1. The van der Waals surface area contributed by atoms with E-state index in [0.29, 0.717) is 23.5 Å². The van der Waals surface area contributed by atoms with Crippen LogP contribution in [0.4, 0.5) is 11.4 Å². The third-order valence-electron chi connectivity index (χ3n) is 6.40. The molecular weight excluding hydrogens is 366 g/mol. The topological polar surface area (TPSA) is 93.5 Å². The number of methoxy groups -OCH3 is 1. The van der Waals surface area contributed by atoms with Crippen molar-refractivity contribution >= 4 is 34.6 Å². The summed E-state index contributed by atoms with van der Waals surface area (Å²) >= 11 is 5.28. The summed E-state index contributed by atoms with van der Waals surface area (Å²) in [6.07, 6.45) is 6.59. The zero-order valence-corrected chi connectivity index (χ0v) is 16.0. The Balaban J connectivity index is 1.46. The SMILES string of the molecule is COc1ccc(NC(=S)NC(=O)C23CC4CC(CC(C4)C2)C3)c([N+](=O)[O-])c1. The van der Waals surface area contributed by atoms with Crippen LogP contribution in [-0.2, 0) is 4.79 Å². The number of nitro groups is 1. The van der Waals surface area contributed by atoms with Gasteiger partial charge in [-0.05, 0) is 80.6 Å². The molecule has 27 heavy (non-hydrogen) atoms. The predicted molar refractivity (Wildman–Crippen MR) is 105 cm³/mol. The number of nitrogens with one attached hydrogen (secondary N) is 2. The van der Waals surface area contributed by atoms with Gasteiger partial charge in [-0.2, -0.15) is 0 Å². The molecule has 7 nitrogen and oxygen atoms in total. The van der Waals surface area contributed by atoms with E-state index in [9.17, 15) is 14.9 Å². The Morgan fingerprint density at radius 2 is 1.81 bits per heavy atom. The summed E-state index contributed by atoms with van der Waals surface area (Å²) in [5.74, 6) is 2.33. The fourth-order valence-electron chi connectivity index (χ4n) is 5.67. The molecule has 4 saturated carbocycles. The van der Waals surface area contributed by atoms with Crippen LogP contribution in [0.15, 0.2) is 18.2 Å². The lowest BCUT2D eigenvalue weighted by atomic mass is 9.49. The number of benzene rings is 1. The molecule has 0 unspecified atom stereocenters. The summed E-state index contributed by atoms with van der Waals surface area (Å²) in [5, 5.41) is 17.0. The van der Waals surface area contributed by atoms with Gasteiger partial charge in [0.1, 0.15) is 11.4 Å². The van der Waals surface area contributed by atoms with Crippen LogP contribution in [-0.4, -0.2) is 23.1 Å². The maximum Gasteiger partial charge on any atom is 0.296 e. The van der Waals surface area contributed by atoms with Crippen LogP contribution in [0.2, 0.25) is 0 Å². The second-order valence-corrected chi connectivity index (χ2v) is 8.65. The van der Waals surface area contributed by atoms with Gasteiger partial charge < -0.3 is 15.4 Å². The average molecular weight is 389 g/mol. The summed E-state index contributed by atoms with van der Waals surface area (Å²) in [4.78, 5) is 23.8. The molecule has 4 fully saturated rings. The molecule has 1 amide bonds. The van der Waals surface area contributed by atoms with Crippen molar-refractivity contribution in [3.8, 4) is 5.75 Å². The van der Waals surface area contributed by atoms with E-state index >= 15 is 0 Å². The van der Waals surface area contributed by atoms with Crippen molar-refractivity contribution in [2.45, 2.75) is 38.5 Å². The van der Waals surface area contributed by atoms with Gasteiger partial charge in [-0.25, -0.2) is 0 Å². The monoisotopic (exact) mass is 389 g/mol. The molecular formula is C19H23N3O4S. The van der Waals surface area contributed by atoms with Gasteiger partial charge in [0.25, 0.3) is 5.69 Å². The minimum atomic E-state index is -0.506. The predicted octanol–water partition coefficient (Wildman–Crippen LogP) is 3.63. The van der Waals surface area contributed by atoms with Crippen molar-refractivity contribution in [3.05, 3.63) is 28.3 Å². The molecule has 0 aliphatic heterocycles. The molecule has 8 heteroatoms. The van der Waals surface area contributed by atoms with Crippen LogP contribution < -0.4 is 15.4 Å². The Labute approximate surface area is 163 Å². The maximum absolute atomic E-state index is 13.0. The van der Waals surface area contributed by atoms with Gasteiger partial charge >= 0.3 is 0 Å². The average Bonchev–Trinajstić information content (AvgIpc) is 2.60. The highest BCUT2D eigenvalue weighted by molar-refractivity contribution is 7.80. The fraction of sp³-hybridized carbons (Fsp3) is 0.579. The Hall–Kier alpha value is -2.22. The first kappa shape index (κ1) is 18.2. The van der Waals surface area contributed by atoms with E-state index in [2.05, 4.69) is 10.6 Å². The van der Waals surface area contributed by atoms with E-state index in [1.54, 1.807) is 6.07 Å². The first-order valence-corrected chi connectivity index (χ1v) is 9.74. The lowest BCUT2D eigenvalue weighted by Crippen LogP contribution is -2.55. The molecule has 5 rings (SSSR count). The minimum Gasteiger partial charge on any atom is -0.496 e. The molecule has 0 radical (unpaired) electrons. The number of rotatable bonds is 4. The van der Waals surface area contributed by atoms with E-state index in [1.165, 1.54) is 38.5 Å². The highest BCUT2D eigenvalue weighted by atomic mass is 32.1. The molecule has 0 spiro atoms. The number of hydrogen-bond acceptors (Lipinski definition) is 5.